The summed E-state index contributed by atoms with van der Waals surface area (Å²) in [4.78, 5) is 13.9. The number of rotatable bonds is 3. The van der Waals surface area contributed by atoms with Gasteiger partial charge in [0, 0.05) is 12.5 Å². The van der Waals surface area contributed by atoms with Crippen LogP contribution in [0.1, 0.15) is 36.8 Å². The van der Waals surface area contributed by atoms with E-state index >= 15 is 0 Å². The van der Waals surface area contributed by atoms with Crippen molar-refractivity contribution in [1.82, 2.24) is 4.90 Å². The molecule has 1 aliphatic rings. The highest BCUT2D eigenvalue weighted by Crippen LogP contribution is 2.48. The highest BCUT2D eigenvalue weighted by atomic mass is 16.2. The molecule has 2 N–H and O–H groups in total. The predicted molar refractivity (Wildman–Crippen MR) is 88.5 cm³/mol. The molecule has 1 aliphatic heterocycles. The Labute approximate surface area is 131 Å². The van der Waals surface area contributed by atoms with Crippen LogP contribution >= 0.6 is 0 Å². The SMILES string of the molecule is CC(c1ccccc1)C1(c2ccccc2)CCCN1C(N)=O. The van der Waals surface area contributed by atoms with Crippen LogP contribution in [0.4, 0.5) is 4.79 Å². The van der Waals surface area contributed by atoms with Gasteiger partial charge in [0.2, 0.25) is 0 Å². The summed E-state index contributed by atoms with van der Waals surface area (Å²) in [5.74, 6) is 0.186. The average Bonchev–Trinajstić information content (AvgIpc) is 3.02. The third-order valence-corrected chi connectivity index (χ3v) is 4.98. The minimum Gasteiger partial charge on any atom is -0.351 e. The Morgan fingerprint density at radius 1 is 1.09 bits per heavy atom. The second kappa shape index (κ2) is 5.84. The topological polar surface area (TPSA) is 46.3 Å². The van der Waals surface area contributed by atoms with Gasteiger partial charge in [-0.3, -0.25) is 0 Å². The maximum atomic E-state index is 12.1. The van der Waals surface area contributed by atoms with Crippen molar-refractivity contribution >= 4 is 6.03 Å². The number of nitrogens with zero attached hydrogens (tertiary/aromatic N) is 1. The maximum absolute atomic E-state index is 12.1. The molecule has 0 spiro atoms. The first-order valence-corrected chi connectivity index (χ1v) is 7.84. The molecular formula is C19H22N2O. The van der Waals surface area contributed by atoms with Crippen LogP contribution in [0, 0.1) is 0 Å². The van der Waals surface area contributed by atoms with Crippen molar-refractivity contribution in [3.8, 4) is 0 Å². The van der Waals surface area contributed by atoms with E-state index in [1.807, 2.05) is 41.3 Å². The molecule has 1 saturated heterocycles. The van der Waals surface area contributed by atoms with Crippen molar-refractivity contribution in [2.45, 2.75) is 31.2 Å². The number of hydrogen-bond donors (Lipinski definition) is 1. The minimum absolute atomic E-state index is 0.186. The quantitative estimate of drug-likeness (QED) is 0.918. The zero-order valence-corrected chi connectivity index (χ0v) is 12.9. The number of hydrogen-bond acceptors (Lipinski definition) is 1. The van der Waals surface area contributed by atoms with E-state index in [1.54, 1.807) is 0 Å². The highest BCUT2D eigenvalue weighted by molar-refractivity contribution is 5.74. The Kier molecular flexibility index (Phi) is 3.88. The first kappa shape index (κ1) is 14.6. The third kappa shape index (κ3) is 2.27. The Hall–Kier alpha value is -2.29. The maximum Gasteiger partial charge on any atom is 0.315 e. The normalized spacial score (nSPS) is 22.5. The van der Waals surface area contributed by atoms with Gasteiger partial charge >= 0.3 is 6.03 Å². The summed E-state index contributed by atoms with van der Waals surface area (Å²) in [7, 11) is 0. The number of carbonyl (C=O) groups excluding carboxylic acids is 1. The second-order valence-corrected chi connectivity index (χ2v) is 6.02. The molecule has 0 aliphatic carbocycles. The zero-order valence-electron chi connectivity index (χ0n) is 12.9. The standard InChI is InChI=1S/C19H22N2O/c1-15(16-9-4-2-5-10-16)19(17-11-6-3-7-12-17)13-8-14-21(19)18(20)22/h2-7,9-12,15H,8,13-14H2,1H3,(H2,20,22). The fraction of sp³-hybridized carbons (Fsp3) is 0.316. The Bertz CT molecular complexity index is 641. The van der Waals surface area contributed by atoms with Gasteiger partial charge in [-0.25, -0.2) is 4.79 Å². The molecule has 2 amide bonds. The van der Waals surface area contributed by atoms with Gasteiger partial charge in [0.25, 0.3) is 0 Å². The van der Waals surface area contributed by atoms with E-state index in [4.69, 9.17) is 5.73 Å². The Balaban J connectivity index is 2.14. The lowest BCUT2D eigenvalue weighted by molar-refractivity contribution is 0.133. The molecule has 3 heteroatoms. The zero-order chi connectivity index (χ0) is 15.6. The van der Waals surface area contributed by atoms with Crippen LogP contribution in [0.25, 0.3) is 0 Å². The summed E-state index contributed by atoms with van der Waals surface area (Å²) in [6, 6.07) is 20.4. The van der Waals surface area contributed by atoms with E-state index in [1.165, 1.54) is 11.1 Å². The van der Waals surface area contributed by atoms with E-state index in [-0.39, 0.29) is 17.5 Å². The van der Waals surface area contributed by atoms with Crippen molar-refractivity contribution in [3.63, 3.8) is 0 Å². The van der Waals surface area contributed by atoms with Crippen LogP contribution in [-0.4, -0.2) is 17.5 Å². The van der Waals surface area contributed by atoms with Gasteiger partial charge in [0.15, 0.2) is 0 Å². The first-order chi connectivity index (χ1) is 10.7. The van der Waals surface area contributed by atoms with Crippen LogP contribution in [0.15, 0.2) is 60.7 Å². The number of carbonyl (C=O) groups is 1. The molecular weight excluding hydrogens is 272 g/mol. The fourth-order valence-corrected chi connectivity index (χ4v) is 3.89. The number of amides is 2. The largest absolute Gasteiger partial charge is 0.351 e. The van der Waals surface area contributed by atoms with E-state index in [2.05, 4.69) is 31.2 Å². The Morgan fingerprint density at radius 2 is 1.68 bits per heavy atom. The van der Waals surface area contributed by atoms with Crippen molar-refractivity contribution < 1.29 is 4.79 Å². The minimum atomic E-state index is -0.353. The van der Waals surface area contributed by atoms with Crippen molar-refractivity contribution in [2.24, 2.45) is 5.73 Å². The molecule has 2 aromatic rings. The summed E-state index contributed by atoms with van der Waals surface area (Å²) in [5, 5.41) is 0. The first-order valence-electron chi connectivity index (χ1n) is 7.84. The molecule has 0 bridgehead atoms. The molecule has 114 valence electrons. The van der Waals surface area contributed by atoms with Gasteiger partial charge in [-0.1, -0.05) is 67.6 Å². The number of urea groups is 1. The molecule has 0 radical (unpaired) electrons. The summed E-state index contributed by atoms with van der Waals surface area (Å²) in [6.07, 6.45) is 1.92. The van der Waals surface area contributed by atoms with Gasteiger partial charge < -0.3 is 10.6 Å². The van der Waals surface area contributed by atoms with Gasteiger partial charge in [-0.2, -0.15) is 0 Å². The van der Waals surface area contributed by atoms with Crippen LogP contribution in [0.2, 0.25) is 0 Å². The summed E-state index contributed by atoms with van der Waals surface area (Å²) in [5.41, 5.74) is 7.77. The van der Waals surface area contributed by atoms with Crippen molar-refractivity contribution in [3.05, 3.63) is 71.8 Å². The highest BCUT2D eigenvalue weighted by Gasteiger charge is 2.48. The third-order valence-electron chi connectivity index (χ3n) is 4.98. The van der Waals surface area contributed by atoms with Crippen molar-refractivity contribution in [1.29, 1.82) is 0 Å². The molecule has 1 fully saturated rings. The molecule has 2 atom stereocenters. The molecule has 2 aromatic carbocycles. The molecule has 22 heavy (non-hydrogen) atoms. The monoisotopic (exact) mass is 294 g/mol. The predicted octanol–water partition coefficient (Wildman–Crippen LogP) is 3.86. The number of nitrogens with two attached hydrogens (primary N) is 1. The smallest absolute Gasteiger partial charge is 0.315 e. The number of benzene rings is 2. The van der Waals surface area contributed by atoms with Gasteiger partial charge in [0.1, 0.15) is 0 Å². The Morgan fingerprint density at radius 3 is 2.27 bits per heavy atom. The average molecular weight is 294 g/mol. The van der Waals surface area contributed by atoms with Gasteiger partial charge in [-0.05, 0) is 24.0 Å². The molecule has 1 heterocycles. The van der Waals surface area contributed by atoms with Crippen LogP contribution < -0.4 is 5.73 Å². The number of likely N-dealkylation sites (tertiary alicyclic amines) is 1. The van der Waals surface area contributed by atoms with Crippen LogP contribution in [0.5, 0.6) is 0 Å². The van der Waals surface area contributed by atoms with Gasteiger partial charge in [0.05, 0.1) is 5.54 Å². The van der Waals surface area contributed by atoms with Gasteiger partial charge in [-0.15, -0.1) is 0 Å². The molecule has 0 aromatic heterocycles. The van der Waals surface area contributed by atoms with E-state index < -0.39 is 0 Å². The second-order valence-electron chi connectivity index (χ2n) is 6.02. The molecule has 0 saturated carbocycles. The molecule has 2 unspecified atom stereocenters. The lowest BCUT2D eigenvalue weighted by Gasteiger charge is -2.43. The molecule has 3 nitrogen and oxygen atoms in total. The lowest BCUT2D eigenvalue weighted by Crippen LogP contribution is -2.50. The van der Waals surface area contributed by atoms with Crippen LogP contribution in [0.3, 0.4) is 0 Å². The van der Waals surface area contributed by atoms with E-state index in [0.717, 1.165) is 19.4 Å². The van der Waals surface area contributed by atoms with E-state index in [9.17, 15) is 4.79 Å². The van der Waals surface area contributed by atoms with Crippen LogP contribution in [-0.2, 0) is 5.54 Å². The summed E-state index contributed by atoms with van der Waals surface area (Å²) >= 11 is 0. The van der Waals surface area contributed by atoms with Crippen molar-refractivity contribution in [2.75, 3.05) is 6.54 Å². The molecule has 3 rings (SSSR count). The number of primary amides is 1. The fourth-order valence-electron chi connectivity index (χ4n) is 3.89. The lowest BCUT2D eigenvalue weighted by atomic mass is 9.73. The van der Waals surface area contributed by atoms with E-state index in [0.29, 0.717) is 0 Å². The summed E-state index contributed by atoms with van der Waals surface area (Å²) in [6.45, 7) is 2.92. The summed E-state index contributed by atoms with van der Waals surface area (Å²) < 4.78 is 0.